The molecule has 2 N–H and O–H groups in total. The van der Waals surface area contributed by atoms with E-state index in [1.54, 1.807) is 31.2 Å². The SMILES string of the molecule is C[C@@H](Oc1cccc2ccccc12)C(=O)N/N=C\c1ccc(OCC(=O)O)cc1. The molecule has 148 valence electrons. The Morgan fingerprint density at radius 2 is 1.79 bits per heavy atom. The minimum absolute atomic E-state index is 0.379. The smallest absolute Gasteiger partial charge is 0.341 e. The number of carbonyl (C=O) groups excluding carboxylic acids is 1. The summed E-state index contributed by atoms with van der Waals surface area (Å²) in [7, 11) is 0. The maximum Gasteiger partial charge on any atom is 0.341 e. The Kier molecular flexibility index (Phi) is 6.42. The highest BCUT2D eigenvalue weighted by molar-refractivity contribution is 5.89. The van der Waals surface area contributed by atoms with E-state index in [0.717, 1.165) is 16.3 Å². The van der Waals surface area contributed by atoms with Crippen LogP contribution in [0.3, 0.4) is 0 Å². The van der Waals surface area contributed by atoms with E-state index in [1.807, 2.05) is 42.5 Å². The summed E-state index contributed by atoms with van der Waals surface area (Å²) < 4.78 is 10.9. The number of hydrogen-bond donors (Lipinski definition) is 2. The number of amides is 1. The molecule has 0 aliphatic carbocycles. The van der Waals surface area contributed by atoms with Gasteiger partial charge in [-0.15, -0.1) is 0 Å². The van der Waals surface area contributed by atoms with Crippen LogP contribution in [0.25, 0.3) is 10.8 Å². The number of carboxylic acids is 1. The van der Waals surface area contributed by atoms with Crippen molar-refractivity contribution in [2.45, 2.75) is 13.0 Å². The molecule has 0 saturated heterocycles. The third-order valence-corrected chi connectivity index (χ3v) is 4.05. The molecule has 3 rings (SSSR count). The minimum atomic E-state index is -1.04. The average molecular weight is 392 g/mol. The Bertz CT molecular complexity index is 1030. The molecule has 0 spiro atoms. The summed E-state index contributed by atoms with van der Waals surface area (Å²) in [5, 5.41) is 14.5. The van der Waals surface area contributed by atoms with E-state index < -0.39 is 18.7 Å². The van der Waals surface area contributed by atoms with Crippen LogP contribution in [0.4, 0.5) is 0 Å². The maximum atomic E-state index is 12.3. The van der Waals surface area contributed by atoms with Gasteiger partial charge < -0.3 is 14.6 Å². The zero-order chi connectivity index (χ0) is 20.6. The fourth-order valence-corrected chi connectivity index (χ4v) is 2.60. The van der Waals surface area contributed by atoms with Crippen LogP contribution in [0.15, 0.2) is 71.8 Å². The van der Waals surface area contributed by atoms with Crippen LogP contribution >= 0.6 is 0 Å². The number of hydrogen-bond acceptors (Lipinski definition) is 5. The number of benzene rings is 3. The first-order valence-electron chi connectivity index (χ1n) is 8.95. The van der Waals surface area contributed by atoms with Crippen LogP contribution in [0.1, 0.15) is 12.5 Å². The van der Waals surface area contributed by atoms with Gasteiger partial charge in [-0.05, 0) is 48.2 Å². The van der Waals surface area contributed by atoms with E-state index in [9.17, 15) is 9.59 Å². The highest BCUT2D eigenvalue weighted by atomic mass is 16.5. The lowest BCUT2D eigenvalue weighted by Crippen LogP contribution is -2.33. The van der Waals surface area contributed by atoms with Crippen molar-refractivity contribution >= 4 is 28.9 Å². The Hall–Kier alpha value is -3.87. The van der Waals surface area contributed by atoms with E-state index in [2.05, 4.69) is 10.5 Å². The Morgan fingerprint density at radius 3 is 2.55 bits per heavy atom. The van der Waals surface area contributed by atoms with Crippen LogP contribution in [0.5, 0.6) is 11.5 Å². The monoisotopic (exact) mass is 392 g/mol. The molecule has 0 aliphatic heterocycles. The summed E-state index contributed by atoms with van der Waals surface area (Å²) in [6.07, 6.45) is 0.744. The normalized spacial score (nSPS) is 11.9. The van der Waals surface area contributed by atoms with Gasteiger partial charge in [-0.3, -0.25) is 4.79 Å². The Morgan fingerprint density at radius 1 is 1.07 bits per heavy atom. The number of nitrogens with zero attached hydrogens (tertiary/aromatic N) is 1. The van der Waals surface area contributed by atoms with E-state index >= 15 is 0 Å². The van der Waals surface area contributed by atoms with E-state index in [1.165, 1.54) is 6.21 Å². The quantitative estimate of drug-likeness (QED) is 0.453. The Balaban J connectivity index is 1.55. The molecule has 0 aliphatic rings. The minimum Gasteiger partial charge on any atom is -0.482 e. The number of hydrazone groups is 1. The molecule has 0 bridgehead atoms. The van der Waals surface area contributed by atoms with E-state index in [4.69, 9.17) is 14.6 Å². The predicted octanol–water partition coefficient (Wildman–Crippen LogP) is 3.22. The van der Waals surface area contributed by atoms with Gasteiger partial charge in [0.25, 0.3) is 5.91 Å². The molecule has 3 aromatic carbocycles. The van der Waals surface area contributed by atoms with Crippen LogP contribution in [-0.4, -0.2) is 35.9 Å². The van der Waals surface area contributed by atoms with Crippen LogP contribution in [-0.2, 0) is 9.59 Å². The van der Waals surface area contributed by atoms with Crippen molar-refractivity contribution in [2.24, 2.45) is 5.10 Å². The molecular formula is C22H20N2O5. The van der Waals surface area contributed by atoms with Gasteiger partial charge in [0.1, 0.15) is 11.5 Å². The molecular weight excluding hydrogens is 372 g/mol. The molecule has 1 amide bonds. The first-order chi connectivity index (χ1) is 14.0. The lowest BCUT2D eigenvalue weighted by atomic mass is 10.1. The maximum absolute atomic E-state index is 12.3. The van der Waals surface area contributed by atoms with Gasteiger partial charge in [-0.25, -0.2) is 10.2 Å². The highest BCUT2D eigenvalue weighted by Crippen LogP contribution is 2.26. The van der Waals surface area contributed by atoms with Crippen molar-refractivity contribution in [1.29, 1.82) is 0 Å². The second kappa shape index (κ2) is 9.36. The van der Waals surface area contributed by atoms with Gasteiger partial charge in [0.05, 0.1) is 6.21 Å². The Labute approximate surface area is 167 Å². The summed E-state index contributed by atoms with van der Waals surface area (Å²) >= 11 is 0. The van der Waals surface area contributed by atoms with Gasteiger partial charge in [-0.1, -0.05) is 36.4 Å². The van der Waals surface area contributed by atoms with Crippen molar-refractivity contribution in [3.8, 4) is 11.5 Å². The number of rotatable bonds is 8. The highest BCUT2D eigenvalue weighted by Gasteiger charge is 2.15. The second-order valence-corrected chi connectivity index (χ2v) is 6.22. The number of carbonyl (C=O) groups is 2. The summed E-state index contributed by atoms with van der Waals surface area (Å²) in [4.78, 5) is 22.7. The zero-order valence-corrected chi connectivity index (χ0v) is 15.7. The average Bonchev–Trinajstić information content (AvgIpc) is 2.73. The zero-order valence-electron chi connectivity index (χ0n) is 15.7. The summed E-state index contributed by atoms with van der Waals surface area (Å²) in [6, 6.07) is 20.1. The summed E-state index contributed by atoms with van der Waals surface area (Å²) in [6.45, 7) is 1.25. The molecule has 1 atom stereocenters. The molecule has 0 heterocycles. The largest absolute Gasteiger partial charge is 0.482 e. The lowest BCUT2D eigenvalue weighted by Gasteiger charge is -2.14. The molecule has 0 fully saturated rings. The van der Waals surface area contributed by atoms with E-state index in [-0.39, 0.29) is 5.91 Å². The molecule has 0 saturated carbocycles. The second-order valence-electron chi connectivity index (χ2n) is 6.22. The fourth-order valence-electron chi connectivity index (χ4n) is 2.60. The fraction of sp³-hybridized carbons (Fsp3) is 0.136. The first kappa shape index (κ1) is 19.9. The predicted molar refractivity (Wildman–Crippen MR) is 109 cm³/mol. The standard InChI is InChI=1S/C22H20N2O5/c1-15(29-20-8-4-6-17-5-2-3-7-19(17)20)22(27)24-23-13-16-9-11-18(12-10-16)28-14-21(25)26/h2-13,15H,14H2,1H3,(H,24,27)(H,25,26)/b23-13-/t15-/m1/s1. The first-order valence-corrected chi connectivity index (χ1v) is 8.95. The van der Waals surface area contributed by atoms with Crippen LogP contribution in [0.2, 0.25) is 0 Å². The van der Waals surface area contributed by atoms with Crippen molar-refractivity contribution in [1.82, 2.24) is 5.43 Å². The third kappa shape index (κ3) is 5.55. The van der Waals surface area contributed by atoms with Gasteiger partial charge in [0.2, 0.25) is 0 Å². The topological polar surface area (TPSA) is 97.2 Å². The number of ether oxygens (including phenoxy) is 2. The van der Waals surface area contributed by atoms with E-state index in [0.29, 0.717) is 11.5 Å². The molecule has 0 aromatic heterocycles. The molecule has 7 heteroatoms. The van der Waals surface area contributed by atoms with Crippen molar-refractivity contribution in [2.75, 3.05) is 6.61 Å². The van der Waals surface area contributed by atoms with Crippen molar-refractivity contribution in [3.63, 3.8) is 0 Å². The van der Waals surface area contributed by atoms with Crippen LogP contribution in [0, 0.1) is 0 Å². The summed E-state index contributed by atoms with van der Waals surface area (Å²) in [5.41, 5.74) is 3.17. The van der Waals surface area contributed by atoms with Crippen molar-refractivity contribution < 1.29 is 24.2 Å². The van der Waals surface area contributed by atoms with Crippen molar-refractivity contribution in [3.05, 3.63) is 72.3 Å². The summed E-state index contributed by atoms with van der Waals surface area (Å²) in [5.74, 6) is -0.355. The number of nitrogens with one attached hydrogen (secondary N) is 1. The van der Waals surface area contributed by atoms with Gasteiger partial charge in [-0.2, -0.15) is 5.10 Å². The number of carboxylic acid groups (broad SMARTS) is 1. The number of fused-ring (bicyclic) bond motifs is 1. The molecule has 7 nitrogen and oxygen atoms in total. The lowest BCUT2D eigenvalue weighted by molar-refractivity contribution is -0.139. The molecule has 0 radical (unpaired) electrons. The van der Waals surface area contributed by atoms with Crippen LogP contribution < -0.4 is 14.9 Å². The molecule has 3 aromatic rings. The molecule has 29 heavy (non-hydrogen) atoms. The molecule has 0 unspecified atom stereocenters. The van der Waals surface area contributed by atoms with Gasteiger partial charge >= 0.3 is 5.97 Å². The number of aliphatic carboxylic acids is 1. The third-order valence-electron chi connectivity index (χ3n) is 4.05. The van der Waals surface area contributed by atoms with Gasteiger partial charge in [0, 0.05) is 5.39 Å². The van der Waals surface area contributed by atoms with Gasteiger partial charge in [0.15, 0.2) is 12.7 Å².